The van der Waals surface area contributed by atoms with E-state index in [1.165, 1.54) is 0 Å². The van der Waals surface area contributed by atoms with Crippen LogP contribution in [-0.4, -0.2) is 15.0 Å². The van der Waals surface area contributed by atoms with Gasteiger partial charge in [-0.15, -0.1) is 5.10 Å². The molecule has 5 heteroatoms. The summed E-state index contributed by atoms with van der Waals surface area (Å²) >= 11 is 3.43. The lowest BCUT2D eigenvalue weighted by Gasteiger charge is -2.06. The molecule has 0 aliphatic heterocycles. The lowest BCUT2D eigenvalue weighted by molar-refractivity contribution is 0.529. The zero-order valence-corrected chi connectivity index (χ0v) is 9.98. The maximum Gasteiger partial charge on any atom is 0.115 e. The molecule has 0 radical (unpaired) electrons. The van der Waals surface area contributed by atoms with Gasteiger partial charge < -0.3 is 0 Å². The molecule has 1 aromatic heterocycles. The van der Waals surface area contributed by atoms with Gasteiger partial charge in [-0.25, -0.2) is 4.68 Å². The Kier molecular flexibility index (Phi) is 2.45. The molecule has 1 aromatic carbocycles. The number of benzene rings is 1. The van der Waals surface area contributed by atoms with Gasteiger partial charge in [0.05, 0.1) is 11.6 Å². The summed E-state index contributed by atoms with van der Waals surface area (Å²) in [5.41, 5.74) is 2.27. The fraction of sp³-hybridized carbons (Fsp3) is 0.300. The van der Waals surface area contributed by atoms with E-state index >= 15 is 0 Å². The van der Waals surface area contributed by atoms with Crippen molar-refractivity contribution >= 4 is 27.0 Å². The van der Waals surface area contributed by atoms with E-state index in [0.717, 1.165) is 15.5 Å². The Morgan fingerprint density at radius 1 is 1.47 bits per heavy atom. The molecule has 0 aliphatic carbocycles. The predicted molar refractivity (Wildman–Crippen MR) is 60.3 cm³/mol. The molecule has 0 amide bonds. The smallest absolute Gasteiger partial charge is 0.115 e. The first kappa shape index (κ1) is 10.1. The number of rotatable bonds is 1. The average molecular weight is 265 g/mol. The van der Waals surface area contributed by atoms with Crippen LogP contribution in [0.1, 0.15) is 25.5 Å². The van der Waals surface area contributed by atoms with E-state index < -0.39 is 0 Å². The number of hydrogen-bond donors (Lipinski definition) is 0. The third-order valence-corrected chi connectivity index (χ3v) is 2.74. The molecule has 2 aromatic rings. The molecule has 0 spiro atoms. The highest BCUT2D eigenvalue weighted by atomic mass is 79.9. The van der Waals surface area contributed by atoms with Crippen molar-refractivity contribution in [1.82, 2.24) is 15.0 Å². The van der Waals surface area contributed by atoms with Crippen LogP contribution in [0.5, 0.6) is 0 Å². The van der Waals surface area contributed by atoms with Crippen LogP contribution in [0.3, 0.4) is 0 Å². The summed E-state index contributed by atoms with van der Waals surface area (Å²) in [7, 11) is 0. The van der Waals surface area contributed by atoms with Crippen molar-refractivity contribution < 1.29 is 0 Å². The van der Waals surface area contributed by atoms with Crippen LogP contribution in [0.2, 0.25) is 0 Å². The fourth-order valence-corrected chi connectivity index (χ4v) is 2.09. The summed E-state index contributed by atoms with van der Waals surface area (Å²) < 4.78 is 2.69. The van der Waals surface area contributed by atoms with E-state index in [1.54, 1.807) is 12.1 Å². The van der Waals surface area contributed by atoms with Crippen molar-refractivity contribution in [2.24, 2.45) is 0 Å². The van der Waals surface area contributed by atoms with Gasteiger partial charge in [0.1, 0.15) is 11.0 Å². The van der Waals surface area contributed by atoms with Crippen LogP contribution >= 0.6 is 15.9 Å². The Labute approximate surface area is 95.6 Å². The summed E-state index contributed by atoms with van der Waals surface area (Å²) in [5.74, 6) is 0. The van der Waals surface area contributed by atoms with Gasteiger partial charge in [-0.05, 0) is 41.9 Å². The highest BCUT2D eigenvalue weighted by Crippen LogP contribution is 2.25. The fourth-order valence-electron chi connectivity index (χ4n) is 1.45. The van der Waals surface area contributed by atoms with Gasteiger partial charge in [0.15, 0.2) is 0 Å². The molecule has 0 atom stereocenters. The summed E-state index contributed by atoms with van der Waals surface area (Å²) in [6.45, 7) is 4.08. The number of hydrogen-bond acceptors (Lipinski definition) is 3. The molecule has 0 bridgehead atoms. The second-order valence-corrected chi connectivity index (χ2v) is 4.42. The van der Waals surface area contributed by atoms with Crippen molar-refractivity contribution in [3.8, 4) is 6.07 Å². The molecule has 2 rings (SSSR count). The van der Waals surface area contributed by atoms with E-state index in [1.807, 2.05) is 18.5 Å². The SMILES string of the molecule is CC(C)n1nnc2cc(C#N)cc(Br)c21. The lowest BCUT2D eigenvalue weighted by Crippen LogP contribution is -2.02. The highest BCUT2D eigenvalue weighted by Gasteiger charge is 2.11. The molecule has 4 nitrogen and oxygen atoms in total. The molecule has 0 aliphatic rings. The van der Waals surface area contributed by atoms with Gasteiger partial charge >= 0.3 is 0 Å². The standard InChI is InChI=1S/C10H9BrN4/c1-6(2)15-10-8(11)3-7(5-12)4-9(10)13-14-15/h3-4,6H,1-2H3. The molecule has 0 fully saturated rings. The largest absolute Gasteiger partial charge is 0.241 e. The zero-order chi connectivity index (χ0) is 11.0. The normalized spacial score (nSPS) is 10.9. The van der Waals surface area contributed by atoms with Crippen molar-refractivity contribution in [2.75, 3.05) is 0 Å². The van der Waals surface area contributed by atoms with Crippen molar-refractivity contribution in [3.05, 3.63) is 22.2 Å². The van der Waals surface area contributed by atoms with Gasteiger partial charge in [0, 0.05) is 10.5 Å². The van der Waals surface area contributed by atoms with Gasteiger partial charge in [0.25, 0.3) is 0 Å². The minimum atomic E-state index is 0.249. The second kappa shape index (κ2) is 3.63. The van der Waals surface area contributed by atoms with Crippen molar-refractivity contribution in [3.63, 3.8) is 0 Å². The number of halogens is 1. The van der Waals surface area contributed by atoms with Crippen molar-refractivity contribution in [1.29, 1.82) is 5.26 Å². The number of nitrogens with zero attached hydrogens (tertiary/aromatic N) is 4. The van der Waals surface area contributed by atoms with Crippen LogP contribution in [0.4, 0.5) is 0 Å². The molecule has 0 unspecified atom stereocenters. The minimum absolute atomic E-state index is 0.249. The van der Waals surface area contributed by atoms with E-state index in [0.29, 0.717) is 5.56 Å². The molecular formula is C10H9BrN4. The Bertz CT molecular complexity index is 550. The van der Waals surface area contributed by atoms with Crippen LogP contribution in [0, 0.1) is 11.3 Å². The Morgan fingerprint density at radius 2 is 2.20 bits per heavy atom. The first-order valence-corrected chi connectivity index (χ1v) is 5.37. The molecule has 1 heterocycles. The van der Waals surface area contributed by atoms with Crippen LogP contribution in [0.25, 0.3) is 11.0 Å². The summed E-state index contributed by atoms with van der Waals surface area (Å²) in [4.78, 5) is 0. The molecule has 0 N–H and O–H groups in total. The maximum atomic E-state index is 8.81. The van der Waals surface area contributed by atoms with Crippen LogP contribution in [0.15, 0.2) is 16.6 Å². The second-order valence-electron chi connectivity index (χ2n) is 3.57. The summed E-state index contributed by atoms with van der Waals surface area (Å²) in [6, 6.07) is 5.87. The van der Waals surface area contributed by atoms with Gasteiger partial charge in [-0.2, -0.15) is 5.26 Å². The van der Waals surface area contributed by atoms with Gasteiger partial charge in [0.2, 0.25) is 0 Å². The first-order chi connectivity index (χ1) is 7.13. The summed E-state index contributed by atoms with van der Waals surface area (Å²) in [6.07, 6.45) is 0. The van der Waals surface area contributed by atoms with Crippen LogP contribution in [-0.2, 0) is 0 Å². The monoisotopic (exact) mass is 264 g/mol. The van der Waals surface area contributed by atoms with Crippen LogP contribution < -0.4 is 0 Å². The highest BCUT2D eigenvalue weighted by molar-refractivity contribution is 9.10. The number of nitriles is 1. The number of aromatic nitrogens is 3. The zero-order valence-electron chi connectivity index (χ0n) is 8.40. The van der Waals surface area contributed by atoms with E-state index in [-0.39, 0.29) is 6.04 Å². The molecule has 0 saturated heterocycles. The molecule has 76 valence electrons. The summed E-state index contributed by atoms with van der Waals surface area (Å²) in [5, 5.41) is 16.9. The Hall–Kier alpha value is -1.41. The quantitative estimate of drug-likeness (QED) is 0.796. The van der Waals surface area contributed by atoms with E-state index in [2.05, 4.69) is 32.3 Å². The third-order valence-electron chi connectivity index (χ3n) is 2.14. The van der Waals surface area contributed by atoms with Gasteiger partial charge in [-0.3, -0.25) is 0 Å². The van der Waals surface area contributed by atoms with Gasteiger partial charge in [-0.1, -0.05) is 5.21 Å². The van der Waals surface area contributed by atoms with E-state index in [9.17, 15) is 0 Å². The topological polar surface area (TPSA) is 54.5 Å². The molecule has 0 saturated carbocycles. The first-order valence-electron chi connectivity index (χ1n) is 4.58. The maximum absolute atomic E-state index is 8.81. The predicted octanol–water partition coefficient (Wildman–Crippen LogP) is 2.65. The Morgan fingerprint density at radius 3 is 2.80 bits per heavy atom. The Balaban J connectivity index is 2.78. The third kappa shape index (κ3) is 1.61. The molecular weight excluding hydrogens is 256 g/mol. The van der Waals surface area contributed by atoms with Crippen molar-refractivity contribution in [2.45, 2.75) is 19.9 Å². The lowest BCUT2D eigenvalue weighted by atomic mass is 10.2. The average Bonchev–Trinajstić information content (AvgIpc) is 2.61. The number of fused-ring (bicyclic) bond motifs is 1. The molecule has 15 heavy (non-hydrogen) atoms. The van der Waals surface area contributed by atoms with E-state index in [4.69, 9.17) is 5.26 Å². The minimum Gasteiger partial charge on any atom is -0.241 e.